The van der Waals surface area contributed by atoms with Gasteiger partial charge in [0.25, 0.3) is 0 Å². The third-order valence-corrected chi connectivity index (χ3v) is 2.50. The van der Waals surface area contributed by atoms with Crippen molar-refractivity contribution in [3.63, 3.8) is 0 Å². The van der Waals surface area contributed by atoms with E-state index in [1.165, 1.54) is 0 Å². The Morgan fingerprint density at radius 2 is 2.27 bits per heavy atom. The summed E-state index contributed by atoms with van der Waals surface area (Å²) in [5.41, 5.74) is 0. The Labute approximate surface area is 66.6 Å². The van der Waals surface area contributed by atoms with Crippen LogP contribution in [-0.2, 0) is 14.2 Å². The molecule has 3 nitrogen and oxygen atoms in total. The van der Waals surface area contributed by atoms with Gasteiger partial charge < -0.3 is 14.2 Å². The van der Waals surface area contributed by atoms with Crippen molar-refractivity contribution in [2.75, 3.05) is 13.2 Å². The lowest BCUT2D eigenvalue weighted by Crippen LogP contribution is -2.39. The summed E-state index contributed by atoms with van der Waals surface area (Å²) < 4.78 is 16.7. The Kier molecular flexibility index (Phi) is 1.67. The molecule has 3 heteroatoms. The summed E-state index contributed by atoms with van der Waals surface area (Å²) in [6.07, 6.45) is 1.26. The molecule has 0 saturated carbocycles. The number of hydrogen-bond donors (Lipinski definition) is 0. The average Bonchev–Trinajstić information content (AvgIpc) is 2.26. The smallest absolute Gasteiger partial charge is 0.192 e. The lowest BCUT2D eigenvalue weighted by molar-refractivity contribution is -0.209. The minimum Gasteiger partial charge on any atom is -0.373 e. The lowest BCUT2D eigenvalue weighted by atomic mass is 10.2. The van der Waals surface area contributed by atoms with E-state index in [4.69, 9.17) is 14.2 Å². The predicted molar refractivity (Wildman–Crippen MR) is 39.3 cm³/mol. The molecular weight excluding hydrogens is 144 g/mol. The third kappa shape index (κ3) is 1.17. The first kappa shape index (κ1) is 7.53. The summed E-state index contributed by atoms with van der Waals surface area (Å²) in [5.74, 6) is -0.485. The molecule has 2 aliphatic heterocycles. The molecule has 0 aromatic rings. The van der Waals surface area contributed by atoms with E-state index in [-0.39, 0.29) is 12.2 Å². The Balaban J connectivity index is 2.15. The highest BCUT2D eigenvalue weighted by Crippen LogP contribution is 2.32. The van der Waals surface area contributed by atoms with E-state index >= 15 is 0 Å². The standard InChI is InChI=1S/C8H14O3/c1-6-8(2)10-5-7(11-8)3-4-9-6/h6-7H,3-5H2,1-2H3. The maximum absolute atomic E-state index is 5.67. The number of fused-ring (bicyclic) bond motifs is 2. The molecule has 0 amide bonds. The fourth-order valence-electron chi connectivity index (χ4n) is 1.54. The second kappa shape index (κ2) is 2.44. The number of ether oxygens (including phenoxy) is 3. The molecule has 0 N–H and O–H groups in total. The summed E-state index contributed by atoms with van der Waals surface area (Å²) in [6, 6.07) is 0. The first-order valence-corrected chi connectivity index (χ1v) is 4.14. The molecule has 2 heterocycles. The molecule has 2 aliphatic rings. The summed E-state index contributed by atoms with van der Waals surface area (Å²) in [7, 11) is 0. The number of hydrogen-bond acceptors (Lipinski definition) is 3. The first-order valence-electron chi connectivity index (χ1n) is 4.14. The molecule has 0 aliphatic carbocycles. The van der Waals surface area contributed by atoms with Crippen molar-refractivity contribution in [2.24, 2.45) is 0 Å². The molecule has 3 unspecified atom stereocenters. The van der Waals surface area contributed by atoms with Crippen molar-refractivity contribution < 1.29 is 14.2 Å². The van der Waals surface area contributed by atoms with Gasteiger partial charge in [0, 0.05) is 6.61 Å². The summed E-state index contributed by atoms with van der Waals surface area (Å²) in [6.45, 7) is 5.46. The van der Waals surface area contributed by atoms with Gasteiger partial charge in [-0.15, -0.1) is 0 Å². The van der Waals surface area contributed by atoms with E-state index in [2.05, 4.69) is 0 Å². The van der Waals surface area contributed by atoms with Crippen LogP contribution >= 0.6 is 0 Å². The van der Waals surface area contributed by atoms with E-state index in [9.17, 15) is 0 Å². The van der Waals surface area contributed by atoms with Crippen LogP contribution in [0, 0.1) is 0 Å². The fraction of sp³-hybridized carbons (Fsp3) is 1.00. The van der Waals surface area contributed by atoms with Crippen LogP contribution in [0.15, 0.2) is 0 Å². The molecule has 2 fully saturated rings. The van der Waals surface area contributed by atoms with Gasteiger partial charge in [0.1, 0.15) is 6.10 Å². The Bertz CT molecular complexity index is 157. The maximum atomic E-state index is 5.67. The molecule has 3 atom stereocenters. The lowest BCUT2D eigenvalue weighted by Gasteiger charge is -2.27. The normalized spacial score (nSPS) is 50.7. The van der Waals surface area contributed by atoms with Gasteiger partial charge in [-0.2, -0.15) is 0 Å². The molecule has 0 aromatic carbocycles. The van der Waals surface area contributed by atoms with Gasteiger partial charge in [-0.1, -0.05) is 0 Å². The molecule has 2 rings (SSSR count). The predicted octanol–water partition coefficient (Wildman–Crippen LogP) is 0.927. The van der Waals surface area contributed by atoms with E-state index in [0.717, 1.165) is 19.6 Å². The zero-order valence-electron chi connectivity index (χ0n) is 7.00. The van der Waals surface area contributed by atoms with Crippen LogP contribution in [0.5, 0.6) is 0 Å². The van der Waals surface area contributed by atoms with Gasteiger partial charge >= 0.3 is 0 Å². The highest BCUT2D eigenvalue weighted by atomic mass is 16.8. The van der Waals surface area contributed by atoms with Crippen molar-refractivity contribution in [3.8, 4) is 0 Å². The SMILES string of the molecule is CC1OCCC2COC1(C)O2. The van der Waals surface area contributed by atoms with Crippen LogP contribution < -0.4 is 0 Å². The van der Waals surface area contributed by atoms with Gasteiger partial charge in [-0.3, -0.25) is 0 Å². The average molecular weight is 158 g/mol. The highest BCUT2D eigenvalue weighted by Gasteiger charge is 2.44. The van der Waals surface area contributed by atoms with Gasteiger partial charge in [0.15, 0.2) is 5.79 Å². The summed E-state index contributed by atoms with van der Waals surface area (Å²) in [4.78, 5) is 0. The molecule has 2 bridgehead atoms. The molecular formula is C8H14O3. The summed E-state index contributed by atoms with van der Waals surface area (Å²) >= 11 is 0. The van der Waals surface area contributed by atoms with Crippen LogP contribution in [0.3, 0.4) is 0 Å². The van der Waals surface area contributed by atoms with Crippen molar-refractivity contribution in [3.05, 3.63) is 0 Å². The molecule has 0 radical (unpaired) electrons. The van der Waals surface area contributed by atoms with E-state index in [0.29, 0.717) is 0 Å². The molecule has 64 valence electrons. The van der Waals surface area contributed by atoms with Gasteiger partial charge in [-0.25, -0.2) is 0 Å². The zero-order chi connectivity index (χ0) is 7.90. The Hall–Kier alpha value is -0.120. The second-order valence-corrected chi connectivity index (χ2v) is 3.37. The van der Waals surface area contributed by atoms with Gasteiger partial charge in [-0.05, 0) is 20.3 Å². The second-order valence-electron chi connectivity index (χ2n) is 3.37. The van der Waals surface area contributed by atoms with Gasteiger partial charge in [0.05, 0.1) is 12.7 Å². The maximum Gasteiger partial charge on any atom is 0.192 e. The van der Waals surface area contributed by atoms with E-state index in [1.54, 1.807) is 0 Å². The largest absolute Gasteiger partial charge is 0.373 e. The van der Waals surface area contributed by atoms with Crippen molar-refractivity contribution >= 4 is 0 Å². The molecule has 11 heavy (non-hydrogen) atoms. The van der Waals surface area contributed by atoms with Crippen molar-refractivity contribution in [1.29, 1.82) is 0 Å². The highest BCUT2D eigenvalue weighted by molar-refractivity contribution is 4.83. The molecule has 2 saturated heterocycles. The van der Waals surface area contributed by atoms with Crippen LogP contribution in [0.4, 0.5) is 0 Å². The fourth-order valence-corrected chi connectivity index (χ4v) is 1.54. The van der Waals surface area contributed by atoms with E-state index in [1.807, 2.05) is 13.8 Å². The topological polar surface area (TPSA) is 27.7 Å². The quantitative estimate of drug-likeness (QED) is 0.525. The van der Waals surface area contributed by atoms with Gasteiger partial charge in [0.2, 0.25) is 0 Å². The van der Waals surface area contributed by atoms with Crippen molar-refractivity contribution in [1.82, 2.24) is 0 Å². The Morgan fingerprint density at radius 1 is 1.45 bits per heavy atom. The van der Waals surface area contributed by atoms with Crippen LogP contribution in [0.25, 0.3) is 0 Å². The third-order valence-electron chi connectivity index (χ3n) is 2.50. The Morgan fingerprint density at radius 3 is 3.09 bits per heavy atom. The summed E-state index contributed by atoms with van der Waals surface area (Å²) in [5, 5.41) is 0. The minimum atomic E-state index is -0.485. The van der Waals surface area contributed by atoms with Crippen LogP contribution in [0.2, 0.25) is 0 Å². The van der Waals surface area contributed by atoms with E-state index < -0.39 is 5.79 Å². The van der Waals surface area contributed by atoms with Crippen LogP contribution in [0.1, 0.15) is 20.3 Å². The zero-order valence-corrected chi connectivity index (χ0v) is 7.00. The minimum absolute atomic E-state index is 0.0509. The molecule has 0 aromatic heterocycles. The monoisotopic (exact) mass is 158 g/mol. The van der Waals surface area contributed by atoms with Crippen LogP contribution in [-0.4, -0.2) is 31.2 Å². The molecule has 0 spiro atoms. The number of rotatable bonds is 0. The first-order chi connectivity index (χ1) is 5.21. The van der Waals surface area contributed by atoms with Crippen molar-refractivity contribution in [2.45, 2.75) is 38.3 Å².